The molecule has 0 unspecified atom stereocenters. The predicted octanol–water partition coefficient (Wildman–Crippen LogP) is 1.62. The van der Waals surface area contributed by atoms with Crippen molar-refractivity contribution in [3.63, 3.8) is 0 Å². The number of carbonyl (C=O) groups excluding carboxylic acids is 1. The maximum atomic E-state index is 12.4. The van der Waals surface area contributed by atoms with Crippen LogP contribution in [0.2, 0.25) is 0 Å². The van der Waals surface area contributed by atoms with Crippen molar-refractivity contribution in [2.24, 2.45) is 5.41 Å². The second-order valence-corrected chi connectivity index (χ2v) is 5.63. The van der Waals surface area contributed by atoms with Gasteiger partial charge in [0.2, 0.25) is 5.91 Å². The maximum absolute atomic E-state index is 12.4. The zero-order chi connectivity index (χ0) is 13.2. The van der Waals surface area contributed by atoms with Gasteiger partial charge in [0.25, 0.3) is 0 Å². The third-order valence-electron chi connectivity index (χ3n) is 4.70. The second kappa shape index (κ2) is 5.27. The van der Waals surface area contributed by atoms with Crippen molar-refractivity contribution < 1.29 is 4.79 Å². The second-order valence-electron chi connectivity index (χ2n) is 5.63. The molecule has 1 saturated carbocycles. The Hall–Kier alpha value is -1.08. The lowest BCUT2D eigenvalue weighted by atomic mass is 9.69. The van der Waals surface area contributed by atoms with Gasteiger partial charge in [0.1, 0.15) is 5.41 Å². The minimum absolute atomic E-state index is 0.0613. The lowest BCUT2D eigenvalue weighted by molar-refractivity contribution is -0.144. The molecule has 0 aromatic carbocycles. The Kier molecular flexibility index (Phi) is 3.91. The van der Waals surface area contributed by atoms with Gasteiger partial charge in [-0.2, -0.15) is 5.26 Å². The number of hydrogen-bond acceptors (Lipinski definition) is 3. The lowest BCUT2D eigenvalue weighted by Gasteiger charge is -2.42. The van der Waals surface area contributed by atoms with E-state index < -0.39 is 5.41 Å². The van der Waals surface area contributed by atoms with Gasteiger partial charge in [0, 0.05) is 26.2 Å². The number of piperidine rings is 1. The third-order valence-corrected chi connectivity index (χ3v) is 4.70. The first-order chi connectivity index (χ1) is 8.63. The highest BCUT2D eigenvalue weighted by atomic mass is 16.2. The summed E-state index contributed by atoms with van der Waals surface area (Å²) < 4.78 is 0. The first-order valence-electron chi connectivity index (χ1n) is 7.04. The molecule has 1 aliphatic heterocycles. The molecule has 1 amide bonds. The summed E-state index contributed by atoms with van der Waals surface area (Å²) in [4.78, 5) is 16.7. The van der Waals surface area contributed by atoms with Crippen LogP contribution in [0.5, 0.6) is 0 Å². The minimum Gasteiger partial charge on any atom is -0.341 e. The number of likely N-dealkylation sites (tertiary alicyclic amines) is 1. The standard InChI is InChI=1S/C14H23N3O/c1-3-17-9-5-12(6-10-17)16(2)13(18)14(11-15)7-4-8-14/h12H,3-10H2,1-2H3. The van der Waals surface area contributed by atoms with E-state index in [2.05, 4.69) is 17.9 Å². The molecule has 4 heteroatoms. The highest BCUT2D eigenvalue weighted by Crippen LogP contribution is 2.42. The zero-order valence-electron chi connectivity index (χ0n) is 11.5. The molecule has 1 heterocycles. The van der Waals surface area contributed by atoms with Crippen LogP contribution in [0.4, 0.5) is 0 Å². The van der Waals surface area contributed by atoms with Gasteiger partial charge in [0.15, 0.2) is 0 Å². The average molecular weight is 249 g/mol. The van der Waals surface area contributed by atoms with E-state index in [0.717, 1.165) is 51.7 Å². The Morgan fingerprint density at radius 1 is 1.44 bits per heavy atom. The smallest absolute Gasteiger partial charge is 0.243 e. The summed E-state index contributed by atoms with van der Waals surface area (Å²) in [5, 5.41) is 9.23. The van der Waals surface area contributed by atoms with Crippen LogP contribution in [-0.4, -0.2) is 48.4 Å². The molecule has 100 valence electrons. The van der Waals surface area contributed by atoms with Crippen molar-refractivity contribution >= 4 is 5.91 Å². The van der Waals surface area contributed by atoms with Crippen molar-refractivity contribution in [2.45, 2.75) is 45.1 Å². The SMILES string of the molecule is CCN1CCC(N(C)C(=O)C2(C#N)CCC2)CC1. The van der Waals surface area contributed by atoms with Gasteiger partial charge in [0.05, 0.1) is 6.07 Å². The van der Waals surface area contributed by atoms with E-state index in [-0.39, 0.29) is 5.91 Å². The normalized spacial score (nSPS) is 24.1. The third kappa shape index (κ3) is 2.24. The summed E-state index contributed by atoms with van der Waals surface area (Å²) in [5.41, 5.74) is -0.684. The van der Waals surface area contributed by atoms with Crippen molar-refractivity contribution in [1.82, 2.24) is 9.80 Å². The van der Waals surface area contributed by atoms with E-state index in [0.29, 0.717) is 6.04 Å². The Labute approximate surface area is 110 Å². The van der Waals surface area contributed by atoms with Crippen LogP contribution in [0.15, 0.2) is 0 Å². The van der Waals surface area contributed by atoms with Crippen LogP contribution < -0.4 is 0 Å². The van der Waals surface area contributed by atoms with Crippen molar-refractivity contribution in [1.29, 1.82) is 5.26 Å². The van der Waals surface area contributed by atoms with E-state index in [9.17, 15) is 10.1 Å². The van der Waals surface area contributed by atoms with E-state index in [1.807, 2.05) is 11.9 Å². The van der Waals surface area contributed by atoms with E-state index in [4.69, 9.17) is 0 Å². The van der Waals surface area contributed by atoms with Crippen LogP contribution in [0.25, 0.3) is 0 Å². The molecule has 1 saturated heterocycles. The van der Waals surface area contributed by atoms with Gasteiger partial charge in [-0.1, -0.05) is 6.92 Å². The maximum Gasteiger partial charge on any atom is 0.243 e. The molecule has 0 aromatic heterocycles. The number of nitrogens with zero attached hydrogens (tertiary/aromatic N) is 3. The number of rotatable bonds is 3. The van der Waals surface area contributed by atoms with Crippen molar-refractivity contribution in [2.75, 3.05) is 26.7 Å². The topological polar surface area (TPSA) is 47.3 Å². The first kappa shape index (κ1) is 13.4. The molecule has 0 N–H and O–H groups in total. The molecule has 18 heavy (non-hydrogen) atoms. The highest BCUT2D eigenvalue weighted by molar-refractivity contribution is 5.86. The molecule has 2 fully saturated rings. The summed E-state index contributed by atoms with van der Waals surface area (Å²) in [6.45, 7) is 5.40. The summed E-state index contributed by atoms with van der Waals surface area (Å²) >= 11 is 0. The predicted molar refractivity (Wildman–Crippen MR) is 69.8 cm³/mol. The van der Waals surface area contributed by atoms with E-state index in [1.165, 1.54) is 0 Å². The molecule has 0 radical (unpaired) electrons. The summed E-state index contributed by atoms with van der Waals surface area (Å²) in [6, 6.07) is 2.58. The van der Waals surface area contributed by atoms with E-state index in [1.54, 1.807) is 0 Å². The molecule has 0 bridgehead atoms. The molecule has 0 spiro atoms. The molecule has 0 atom stereocenters. The van der Waals surface area contributed by atoms with Gasteiger partial charge in [-0.05, 0) is 38.6 Å². The molecular weight excluding hydrogens is 226 g/mol. The fourth-order valence-electron chi connectivity index (χ4n) is 3.03. The van der Waals surface area contributed by atoms with Crippen LogP contribution in [0.3, 0.4) is 0 Å². The van der Waals surface area contributed by atoms with E-state index >= 15 is 0 Å². The van der Waals surface area contributed by atoms with Gasteiger partial charge in [-0.3, -0.25) is 4.79 Å². The Morgan fingerprint density at radius 3 is 2.44 bits per heavy atom. The quantitative estimate of drug-likeness (QED) is 0.763. The fraction of sp³-hybridized carbons (Fsp3) is 0.857. The van der Waals surface area contributed by atoms with Crippen LogP contribution in [0.1, 0.15) is 39.0 Å². The fourth-order valence-corrected chi connectivity index (χ4v) is 3.03. The molecule has 2 rings (SSSR count). The summed E-state index contributed by atoms with van der Waals surface area (Å²) in [6.07, 6.45) is 4.59. The first-order valence-corrected chi connectivity index (χ1v) is 7.04. The summed E-state index contributed by atoms with van der Waals surface area (Å²) in [5.74, 6) is 0.0613. The van der Waals surface area contributed by atoms with Gasteiger partial charge in [-0.25, -0.2) is 0 Å². The summed E-state index contributed by atoms with van der Waals surface area (Å²) in [7, 11) is 1.88. The Morgan fingerprint density at radius 2 is 2.06 bits per heavy atom. The zero-order valence-corrected chi connectivity index (χ0v) is 11.5. The van der Waals surface area contributed by atoms with Gasteiger partial charge < -0.3 is 9.80 Å². The molecule has 4 nitrogen and oxygen atoms in total. The van der Waals surface area contributed by atoms with Crippen molar-refractivity contribution in [3.05, 3.63) is 0 Å². The largest absolute Gasteiger partial charge is 0.341 e. The minimum atomic E-state index is -0.684. The molecule has 0 aromatic rings. The average Bonchev–Trinajstić information content (AvgIpc) is 2.37. The molecular formula is C14H23N3O. The number of nitriles is 1. The van der Waals surface area contributed by atoms with Crippen molar-refractivity contribution in [3.8, 4) is 6.07 Å². The monoisotopic (exact) mass is 249 g/mol. The molecule has 2 aliphatic rings. The highest BCUT2D eigenvalue weighted by Gasteiger charge is 2.47. The number of hydrogen-bond donors (Lipinski definition) is 0. The Bertz CT molecular complexity index is 349. The lowest BCUT2D eigenvalue weighted by Crippen LogP contribution is -2.52. The number of amides is 1. The van der Waals surface area contributed by atoms with Crippen LogP contribution in [-0.2, 0) is 4.79 Å². The van der Waals surface area contributed by atoms with Crippen LogP contribution in [0, 0.1) is 16.7 Å². The number of carbonyl (C=O) groups is 1. The Balaban J connectivity index is 1.94. The van der Waals surface area contributed by atoms with Gasteiger partial charge in [-0.15, -0.1) is 0 Å². The van der Waals surface area contributed by atoms with Crippen LogP contribution >= 0.6 is 0 Å². The van der Waals surface area contributed by atoms with Gasteiger partial charge >= 0.3 is 0 Å². The molecule has 1 aliphatic carbocycles.